The fraction of sp³-hybridized carbons (Fsp3) is 0.200. The number of benzene rings is 2. The second kappa shape index (κ2) is 8.95. The Kier molecular flexibility index (Phi) is 6.16. The molecular weight excluding hydrogens is 392 g/mol. The highest BCUT2D eigenvalue weighted by atomic mass is 16.5. The molecule has 1 heterocycles. The van der Waals surface area contributed by atoms with Gasteiger partial charge in [-0.25, -0.2) is 4.98 Å². The summed E-state index contributed by atoms with van der Waals surface area (Å²) >= 11 is 0. The second-order valence-corrected chi connectivity index (χ2v) is 6.28. The van der Waals surface area contributed by atoms with E-state index >= 15 is 0 Å². The number of hydrogen-bond acceptors (Lipinski definition) is 7. The monoisotopic (exact) mass is 412 g/mol. The van der Waals surface area contributed by atoms with E-state index in [9.17, 15) is 19.5 Å². The van der Waals surface area contributed by atoms with Crippen molar-refractivity contribution in [3.05, 3.63) is 53.1 Å². The van der Waals surface area contributed by atoms with Crippen LogP contribution in [0.2, 0.25) is 0 Å². The number of amides is 2. The van der Waals surface area contributed by atoms with E-state index in [0.29, 0.717) is 22.7 Å². The van der Waals surface area contributed by atoms with Crippen LogP contribution in [0.5, 0.6) is 17.2 Å². The maximum absolute atomic E-state index is 12.7. The Bertz CT molecular complexity index is 1160. The third-order valence-electron chi connectivity index (χ3n) is 4.22. The molecule has 0 radical (unpaired) electrons. The molecule has 10 heteroatoms. The predicted octanol–water partition coefficient (Wildman–Crippen LogP) is 0.874. The highest BCUT2D eigenvalue weighted by Gasteiger charge is 2.13. The quantitative estimate of drug-likeness (QED) is 0.525. The Morgan fingerprint density at radius 2 is 1.83 bits per heavy atom. The molecular formula is C20H20N4O6. The van der Waals surface area contributed by atoms with Gasteiger partial charge in [-0.2, -0.15) is 0 Å². The second-order valence-electron chi connectivity index (χ2n) is 6.28. The van der Waals surface area contributed by atoms with Crippen LogP contribution < -0.4 is 25.7 Å². The minimum Gasteiger partial charge on any atom is -0.508 e. The van der Waals surface area contributed by atoms with Crippen LogP contribution in [0, 0.1) is 0 Å². The van der Waals surface area contributed by atoms with Crippen LogP contribution in [0.15, 0.2) is 47.5 Å². The molecule has 0 saturated heterocycles. The van der Waals surface area contributed by atoms with Crippen LogP contribution in [0.4, 0.5) is 5.69 Å². The number of aromatic hydroxyl groups is 1. The summed E-state index contributed by atoms with van der Waals surface area (Å²) in [5, 5.41) is 14.6. The topological polar surface area (TPSA) is 132 Å². The molecule has 3 N–H and O–H groups in total. The Morgan fingerprint density at radius 1 is 1.10 bits per heavy atom. The van der Waals surface area contributed by atoms with Crippen LogP contribution in [-0.2, 0) is 16.1 Å². The van der Waals surface area contributed by atoms with E-state index in [2.05, 4.69) is 15.6 Å². The average Bonchev–Trinajstić information content (AvgIpc) is 2.73. The van der Waals surface area contributed by atoms with Gasteiger partial charge in [-0.3, -0.25) is 19.0 Å². The lowest BCUT2D eigenvalue weighted by Crippen LogP contribution is -2.37. The maximum Gasteiger partial charge on any atom is 0.261 e. The van der Waals surface area contributed by atoms with Gasteiger partial charge in [0.15, 0.2) is 11.5 Å². The Labute approximate surface area is 171 Å². The fourth-order valence-corrected chi connectivity index (χ4v) is 2.78. The number of aromatic nitrogens is 2. The van der Waals surface area contributed by atoms with Gasteiger partial charge in [-0.15, -0.1) is 0 Å². The Balaban J connectivity index is 1.66. The molecule has 10 nitrogen and oxygen atoms in total. The number of nitrogens with zero attached hydrogens (tertiary/aromatic N) is 2. The van der Waals surface area contributed by atoms with Crippen LogP contribution in [0.3, 0.4) is 0 Å². The number of hydrogen-bond donors (Lipinski definition) is 3. The lowest BCUT2D eigenvalue weighted by Gasteiger charge is -2.11. The molecule has 1 aromatic heterocycles. The number of rotatable bonds is 7. The lowest BCUT2D eigenvalue weighted by atomic mass is 10.2. The molecule has 3 rings (SSSR count). The normalized spacial score (nSPS) is 10.5. The van der Waals surface area contributed by atoms with Gasteiger partial charge in [0.2, 0.25) is 11.8 Å². The summed E-state index contributed by atoms with van der Waals surface area (Å²) in [4.78, 5) is 41.0. The van der Waals surface area contributed by atoms with E-state index in [1.165, 1.54) is 38.7 Å². The van der Waals surface area contributed by atoms with Crippen molar-refractivity contribution in [2.75, 3.05) is 26.1 Å². The maximum atomic E-state index is 12.7. The number of anilines is 1. The first-order valence-corrected chi connectivity index (χ1v) is 8.88. The number of phenolic OH excluding ortho intramolecular Hbond substituents is 1. The number of fused-ring (bicyclic) bond motifs is 1. The van der Waals surface area contributed by atoms with E-state index < -0.39 is 17.4 Å². The number of methoxy groups -OCH3 is 2. The van der Waals surface area contributed by atoms with Crippen LogP contribution in [-0.4, -0.2) is 47.2 Å². The molecule has 0 unspecified atom stereocenters. The average molecular weight is 412 g/mol. The summed E-state index contributed by atoms with van der Waals surface area (Å²) in [6.45, 7) is -0.606. The molecule has 0 saturated carbocycles. The molecule has 0 fully saturated rings. The van der Waals surface area contributed by atoms with Gasteiger partial charge in [0, 0.05) is 17.8 Å². The molecule has 30 heavy (non-hydrogen) atoms. The largest absolute Gasteiger partial charge is 0.508 e. The van der Waals surface area contributed by atoms with Crippen molar-refractivity contribution in [3.63, 3.8) is 0 Å². The van der Waals surface area contributed by atoms with E-state index in [-0.39, 0.29) is 24.2 Å². The summed E-state index contributed by atoms with van der Waals surface area (Å²) in [7, 11) is 2.93. The summed E-state index contributed by atoms with van der Waals surface area (Å²) in [5.74, 6) is -0.200. The third-order valence-corrected chi connectivity index (χ3v) is 4.22. The van der Waals surface area contributed by atoms with Crippen molar-refractivity contribution < 1.29 is 24.2 Å². The number of phenols is 1. The number of nitrogens with one attached hydrogen (secondary N) is 2. The zero-order valence-electron chi connectivity index (χ0n) is 16.3. The van der Waals surface area contributed by atoms with Gasteiger partial charge in [-0.05, 0) is 18.2 Å². The van der Waals surface area contributed by atoms with Gasteiger partial charge >= 0.3 is 0 Å². The summed E-state index contributed by atoms with van der Waals surface area (Å²) in [6.07, 6.45) is 1.25. The van der Waals surface area contributed by atoms with Crippen molar-refractivity contribution in [1.29, 1.82) is 0 Å². The summed E-state index contributed by atoms with van der Waals surface area (Å²) in [5.41, 5.74) is 0.369. The number of carbonyl (C=O) groups is 2. The zero-order valence-corrected chi connectivity index (χ0v) is 16.3. The van der Waals surface area contributed by atoms with Crippen LogP contribution >= 0.6 is 0 Å². The SMILES string of the molecule is COc1cc2ncn(CC(=O)NCC(=O)Nc3cccc(O)c3)c(=O)c2cc1OC. The molecule has 2 aromatic carbocycles. The first-order valence-electron chi connectivity index (χ1n) is 8.88. The predicted molar refractivity (Wildman–Crippen MR) is 109 cm³/mol. The molecule has 0 atom stereocenters. The van der Waals surface area contributed by atoms with Crippen molar-refractivity contribution in [3.8, 4) is 17.2 Å². The van der Waals surface area contributed by atoms with E-state index in [0.717, 1.165) is 4.57 Å². The molecule has 0 spiro atoms. The van der Waals surface area contributed by atoms with E-state index in [1.807, 2.05) is 0 Å². The standard InChI is InChI=1S/C20H20N4O6/c1-29-16-7-14-15(8-17(16)30-2)22-11-24(20(14)28)10-19(27)21-9-18(26)23-12-4-3-5-13(25)6-12/h3-8,11,25H,9-10H2,1-2H3,(H,21,27)(H,23,26). The minimum atomic E-state index is -0.537. The first kappa shape index (κ1) is 20.6. The molecule has 0 aliphatic heterocycles. The summed E-state index contributed by atoms with van der Waals surface area (Å²) < 4.78 is 11.5. The fourth-order valence-electron chi connectivity index (χ4n) is 2.78. The van der Waals surface area contributed by atoms with Crippen LogP contribution in [0.1, 0.15) is 0 Å². The van der Waals surface area contributed by atoms with Crippen molar-refractivity contribution in [2.24, 2.45) is 0 Å². The Morgan fingerprint density at radius 3 is 2.53 bits per heavy atom. The molecule has 3 aromatic rings. The van der Waals surface area contributed by atoms with Crippen molar-refractivity contribution >= 4 is 28.4 Å². The number of carbonyl (C=O) groups excluding carboxylic acids is 2. The molecule has 0 aliphatic carbocycles. The van der Waals surface area contributed by atoms with E-state index in [4.69, 9.17) is 9.47 Å². The Hall–Kier alpha value is -4.08. The first-order chi connectivity index (χ1) is 14.4. The zero-order chi connectivity index (χ0) is 21.7. The molecule has 0 aliphatic rings. The van der Waals surface area contributed by atoms with Gasteiger partial charge in [0.05, 0.1) is 38.0 Å². The molecule has 156 valence electrons. The molecule has 0 bridgehead atoms. The highest BCUT2D eigenvalue weighted by Crippen LogP contribution is 2.29. The van der Waals surface area contributed by atoms with E-state index in [1.54, 1.807) is 18.2 Å². The minimum absolute atomic E-state index is 0.00858. The van der Waals surface area contributed by atoms with Crippen molar-refractivity contribution in [2.45, 2.75) is 6.54 Å². The van der Waals surface area contributed by atoms with Gasteiger partial charge in [0.1, 0.15) is 12.3 Å². The smallest absolute Gasteiger partial charge is 0.261 e. The summed E-state index contributed by atoms with van der Waals surface area (Å²) in [6, 6.07) is 9.10. The van der Waals surface area contributed by atoms with Gasteiger partial charge in [-0.1, -0.05) is 6.07 Å². The highest BCUT2D eigenvalue weighted by molar-refractivity contribution is 5.94. The van der Waals surface area contributed by atoms with Crippen LogP contribution in [0.25, 0.3) is 10.9 Å². The number of ether oxygens (including phenoxy) is 2. The third kappa shape index (κ3) is 4.66. The van der Waals surface area contributed by atoms with Gasteiger partial charge in [0.25, 0.3) is 5.56 Å². The lowest BCUT2D eigenvalue weighted by molar-refractivity contribution is -0.124. The van der Waals surface area contributed by atoms with Gasteiger partial charge < -0.3 is 25.2 Å². The molecule has 2 amide bonds. The van der Waals surface area contributed by atoms with Crippen molar-refractivity contribution in [1.82, 2.24) is 14.9 Å².